The van der Waals surface area contributed by atoms with Crippen LogP contribution in [0.15, 0.2) is 36.5 Å². The van der Waals surface area contributed by atoms with Crippen LogP contribution in [-0.2, 0) is 32.7 Å². The number of ether oxygens (including phenoxy) is 2. The summed E-state index contributed by atoms with van der Waals surface area (Å²) >= 11 is 0. The number of nitrogens with two attached hydrogens (primary N) is 1. The standard InChI is InChI=1S/C56H106NO8P/c1-3-5-7-9-11-13-15-17-19-20-21-22-23-24-25-26-27-28-29-30-31-32-33-35-36-38-40-42-44-46-48-55(58)62-52-54(53-64-66(60,61)63-51-50-57)65-56(59)49-47-45-43-41-39-37-34-18-16-14-12-10-8-6-4-2/h6,8,12,14,18,34,54H,3-5,7,9-11,13,15-17,19-33,35-53,57H2,1-2H3,(H,60,61)/b8-6-,14-12-,34-18-. The summed E-state index contributed by atoms with van der Waals surface area (Å²) in [4.78, 5) is 35.1. The molecule has 0 aliphatic carbocycles. The number of hydrogen-bond donors (Lipinski definition) is 2. The molecule has 0 rings (SSSR count). The van der Waals surface area contributed by atoms with Crippen molar-refractivity contribution in [2.75, 3.05) is 26.4 Å². The fourth-order valence-corrected chi connectivity index (χ4v) is 8.95. The lowest BCUT2D eigenvalue weighted by Gasteiger charge is -2.19. The van der Waals surface area contributed by atoms with Gasteiger partial charge in [-0.25, -0.2) is 4.57 Å². The Morgan fingerprint density at radius 3 is 1.24 bits per heavy atom. The average molecular weight is 952 g/mol. The highest BCUT2D eigenvalue weighted by atomic mass is 31.2. The van der Waals surface area contributed by atoms with Crippen LogP contribution >= 0.6 is 7.82 Å². The largest absolute Gasteiger partial charge is 0.472 e. The third kappa shape index (κ3) is 51.6. The van der Waals surface area contributed by atoms with Crippen LogP contribution < -0.4 is 5.73 Å². The Hall–Kier alpha value is -1.77. The third-order valence-electron chi connectivity index (χ3n) is 12.3. The van der Waals surface area contributed by atoms with Gasteiger partial charge in [0, 0.05) is 19.4 Å². The van der Waals surface area contributed by atoms with Crippen molar-refractivity contribution >= 4 is 19.8 Å². The molecule has 0 aliphatic rings. The van der Waals surface area contributed by atoms with Gasteiger partial charge < -0.3 is 20.1 Å². The highest BCUT2D eigenvalue weighted by molar-refractivity contribution is 7.47. The fourth-order valence-electron chi connectivity index (χ4n) is 8.18. The second kappa shape index (κ2) is 52.6. The van der Waals surface area contributed by atoms with E-state index in [-0.39, 0.29) is 38.6 Å². The molecule has 0 amide bonds. The van der Waals surface area contributed by atoms with E-state index in [1.165, 1.54) is 173 Å². The predicted molar refractivity (Wildman–Crippen MR) is 280 cm³/mol. The van der Waals surface area contributed by atoms with Gasteiger partial charge in [-0.3, -0.25) is 18.6 Å². The van der Waals surface area contributed by atoms with E-state index in [0.717, 1.165) is 70.6 Å². The van der Waals surface area contributed by atoms with E-state index in [1.807, 2.05) is 0 Å². The molecule has 0 radical (unpaired) electrons. The number of esters is 2. The van der Waals surface area contributed by atoms with E-state index in [9.17, 15) is 19.0 Å². The van der Waals surface area contributed by atoms with E-state index in [1.54, 1.807) is 0 Å². The summed E-state index contributed by atoms with van der Waals surface area (Å²) in [5.74, 6) is -0.837. The Bertz CT molecular complexity index is 1180. The normalized spacial score (nSPS) is 13.3. The molecular weight excluding hydrogens is 846 g/mol. The number of carbonyl (C=O) groups excluding carboxylic acids is 2. The summed E-state index contributed by atoms with van der Waals surface area (Å²) in [5.41, 5.74) is 5.37. The average Bonchev–Trinajstić information content (AvgIpc) is 3.31. The van der Waals surface area contributed by atoms with Gasteiger partial charge in [0.1, 0.15) is 6.61 Å². The van der Waals surface area contributed by atoms with Crippen LogP contribution in [0.2, 0.25) is 0 Å². The quantitative estimate of drug-likeness (QED) is 0.0264. The maximum absolute atomic E-state index is 12.6. The second-order valence-corrected chi connectivity index (χ2v) is 20.2. The van der Waals surface area contributed by atoms with Gasteiger partial charge in [-0.1, -0.05) is 256 Å². The highest BCUT2D eigenvalue weighted by Gasteiger charge is 2.26. The van der Waals surface area contributed by atoms with Gasteiger partial charge in [-0.05, 0) is 44.9 Å². The Balaban J connectivity index is 3.86. The zero-order valence-electron chi connectivity index (χ0n) is 43.2. The van der Waals surface area contributed by atoms with E-state index >= 15 is 0 Å². The Labute approximate surface area is 407 Å². The second-order valence-electron chi connectivity index (χ2n) is 18.8. The van der Waals surface area contributed by atoms with Crippen molar-refractivity contribution in [2.24, 2.45) is 5.73 Å². The van der Waals surface area contributed by atoms with Crippen molar-refractivity contribution in [3.8, 4) is 0 Å². The van der Waals surface area contributed by atoms with Crippen molar-refractivity contribution in [3.05, 3.63) is 36.5 Å². The molecule has 0 aliphatic heterocycles. The van der Waals surface area contributed by atoms with Crippen molar-refractivity contribution in [1.29, 1.82) is 0 Å². The van der Waals surface area contributed by atoms with Gasteiger partial charge in [-0.15, -0.1) is 0 Å². The number of rotatable bonds is 53. The zero-order chi connectivity index (χ0) is 48.1. The van der Waals surface area contributed by atoms with Gasteiger partial charge >= 0.3 is 19.8 Å². The van der Waals surface area contributed by atoms with E-state index < -0.39 is 26.5 Å². The van der Waals surface area contributed by atoms with Crippen LogP contribution in [0.5, 0.6) is 0 Å². The summed E-state index contributed by atoms with van der Waals surface area (Å²) in [7, 11) is -4.39. The van der Waals surface area contributed by atoms with Crippen molar-refractivity contribution in [3.63, 3.8) is 0 Å². The molecule has 0 aromatic rings. The van der Waals surface area contributed by atoms with E-state index in [4.69, 9.17) is 24.3 Å². The summed E-state index contributed by atoms with van der Waals surface area (Å²) in [6.45, 7) is 3.65. The molecule has 0 spiro atoms. The van der Waals surface area contributed by atoms with E-state index in [2.05, 4.69) is 50.3 Å². The molecule has 3 N–H and O–H groups in total. The first-order chi connectivity index (χ1) is 32.3. The lowest BCUT2D eigenvalue weighted by molar-refractivity contribution is -0.161. The van der Waals surface area contributed by atoms with Gasteiger partial charge in [0.05, 0.1) is 13.2 Å². The number of unbranched alkanes of at least 4 members (excludes halogenated alkanes) is 34. The smallest absolute Gasteiger partial charge is 0.462 e. The van der Waals surface area contributed by atoms with E-state index in [0.29, 0.717) is 6.42 Å². The van der Waals surface area contributed by atoms with Crippen LogP contribution in [0.3, 0.4) is 0 Å². The molecule has 0 heterocycles. The van der Waals surface area contributed by atoms with Crippen molar-refractivity contribution in [2.45, 2.75) is 283 Å². The van der Waals surface area contributed by atoms with Gasteiger partial charge in [0.2, 0.25) is 0 Å². The molecule has 0 saturated carbocycles. The van der Waals surface area contributed by atoms with Gasteiger partial charge in [-0.2, -0.15) is 0 Å². The van der Waals surface area contributed by atoms with Crippen LogP contribution in [0.1, 0.15) is 277 Å². The lowest BCUT2D eigenvalue weighted by Crippen LogP contribution is -2.29. The van der Waals surface area contributed by atoms with Gasteiger partial charge in [0.15, 0.2) is 6.10 Å². The maximum atomic E-state index is 12.6. The van der Waals surface area contributed by atoms with Crippen LogP contribution in [0.25, 0.3) is 0 Å². The fraction of sp³-hybridized carbons (Fsp3) is 0.857. The van der Waals surface area contributed by atoms with Crippen LogP contribution in [0.4, 0.5) is 0 Å². The molecule has 388 valence electrons. The Morgan fingerprint density at radius 1 is 0.470 bits per heavy atom. The minimum absolute atomic E-state index is 0.0510. The van der Waals surface area contributed by atoms with Crippen LogP contribution in [-0.4, -0.2) is 49.3 Å². The topological polar surface area (TPSA) is 134 Å². The monoisotopic (exact) mass is 952 g/mol. The summed E-state index contributed by atoms with van der Waals surface area (Å²) in [5, 5.41) is 0. The first kappa shape index (κ1) is 64.2. The first-order valence-corrected chi connectivity index (χ1v) is 29.5. The molecule has 2 unspecified atom stereocenters. The zero-order valence-corrected chi connectivity index (χ0v) is 44.1. The molecule has 0 bridgehead atoms. The third-order valence-corrected chi connectivity index (χ3v) is 13.3. The molecule has 2 atom stereocenters. The number of phosphoric acid groups is 1. The van der Waals surface area contributed by atoms with Crippen molar-refractivity contribution in [1.82, 2.24) is 0 Å². The summed E-state index contributed by atoms with van der Waals surface area (Å²) in [6.07, 6.45) is 62.2. The number of carbonyl (C=O) groups is 2. The molecule has 10 heteroatoms. The first-order valence-electron chi connectivity index (χ1n) is 28.0. The molecule has 0 aromatic carbocycles. The number of allylic oxidation sites excluding steroid dienone is 6. The minimum atomic E-state index is -4.39. The maximum Gasteiger partial charge on any atom is 0.472 e. The lowest BCUT2D eigenvalue weighted by atomic mass is 10.0. The SMILES string of the molecule is CC/C=C\C/C=C\C/C=C\CCCCCCCC(=O)OC(COC(=O)CCCCCCCCCCCCCCCCCCCCCCCCCCCCCCCC)COP(=O)(O)OCCN. The van der Waals surface area contributed by atoms with Crippen molar-refractivity contribution < 1.29 is 37.6 Å². The molecular formula is C56H106NO8P. The summed E-state index contributed by atoms with van der Waals surface area (Å²) in [6, 6.07) is 0. The summed E-state index contributed by atoms with van der Waals surface area (Å²) < 4.78 is 32.9. The molecule has 0 saturated heterocycles. The molecule has 0 aromatic heterocycles. The minimum Gasteiger partial charge on any atom is -0.462 e. The van der Waals surface area contributed by atoms with Gasteiger partial charge in [0.25, 0.3) is 0 Å². The highest BCUT2D eigenvalue weighted by Crippen LogP contribution is 2.43. The Kier molecular flexibility index (Phi) is 51.2. The molecule has 9 nitrogen and oxygen atoms in total. The van der Waals surface area contributed by atoms with Crippen LogP contribution in [0, 0.1) is 0 Å². The molecule has 66 heavy (non-hydrogen) atoms. The number of phosphoric ester groups is 1. The number of hydrogen-bond acceptors (Lipinski definition) is 8. The Morgan fingerprint density at radius 2 is 0.833 bits per heavy atom. The molecule has 0 fully saturated rings. The predicted octanol–water partition coefficient (Wildman–Crippen LogP) is 17.2.